The van der Waals surface area contributed by atoms with E-state index >= 15 is 0 Å². The average Bonchev–Trinajstić information content (AvgIpc) is 3.21. The summed E-state index contributed by atoms with van der Waals surface area (Å²) < 4.78 is 18.2. The Kier molecular flexibility index (Phi) is 11.8. The third-order valence-corrected chi connectivity index (χ3v) is 4.47. The molecule has 1 aromatic carbocycles. The number of ether oxygens (including phenoxy) is 3. The summed E-state index contributed by atoms with van der Waals surface area (Å²) in [7, 11) is 2.84. The Morgan fingerprint density at radius 1 is 1.22 bits per heavy atom. The molecule has 1 heterocycles. The van der Waals surface area contributed by atoms with Crippen LogP contribution in [0.15, 0.2) is 42.3 Å². The van der Waals surface area contributed by atoms with Crippen molar-refractivity contribution in [1.29, 1.82) is 5.26 Å². The number of allylic oxidation sites excluding steroid dienone is 1. The molecular formula is C25H32N2O5. The van der Waals surface area contributed by atoms with E-state index in [-0.39, 0.29) is 5.76 Å². The number of rotatable bonds is 11. The first-order valence-corrected chi connectivity index (χ1v) is 10.5. The summed E-state index contributed by atoms with van der Waals surface area (Å²) in [6.45, 7) is 7.14. The van der Waals surface area contributed by atoms with Crippen molar-refractivity contribution in [3.63, 3.8) is 0 Å². The first-order chi connectivity index (χ1) is 15.5. The number of aryl methyl sites for hydroxylation is 1. The van der Waals surface area contributed by atoms with Gasteiger partial charge in [-0.3, -0.25) is 0 Å². The van der Waals surface area contributed by atoms with Crippen LogP contribution in [-0.2, 0) is 22.5 Å². The second-order valence-electron chi connectivity index (χ2n) is 6.31. The summed E-state index contributed by atoms with van der Waals surface area (Å²) in [6, 6.07) is 9.35. The largest absolute Gasteiger partial charge is 0.493 e. The predicted molar refractivity (Wildman–Crippen MR) is 126 cm³/mol. The normalized spacial score (nSPS) is 10.8. The van der Waals surface area contributed by atoms with Gasteiger partial charge in [0.05, 0.1) is 33.3 Å². The minimum atomic E-state index is -1.14. The first-order valence-electron chi connectivity index (χ1n) is 10.5. The van der Waals surface area contributed by atoms with Crippen molar-refractivity contribution >= 4 is 18.1 Å². The van der Waals surface area contributed by atoms with Crippen molar-refractivity contribution in [1.82, 2.24) is 4.57 Å². The Bertz CT molecular complexity index is 967. The number of benzene rings is 1. The molecule has 0 radical (unpaired) electrons. The Hall–Kier alpha value is -3.66. The fraction of sp³-hybridized carbons (Fsp3) is 0.360. The van der Waals surface area contributed by atoms with Gasteiger partial charge in [0.25, 0.3) is 0 Å². The van der Waals surface area contributed by atoms with E-state index in [0.29, 0.717) is 36.6 Å². The molecule has 0 spiro atoms. The van der Waals surface area contributed by atoms with Gasteiger partial charge in [-0.15, -0.1) is 0 Å². The highest BCUT2D eigenvalue weighted by Crippen LogP contribution is 2.29. The van der Waals surface area contributed by atoms with Crippen LogP contribution in [0.25, 0.3) is 12.2 Å². The third kappa shape index (κ3) is 7.55. The molecule has 32 heavy (non-hydrogen) atoms. The van der Waals surface area contributed by atoms with Gasteiger partial charge in [0, 0.05) is 11.9 Å². The Labute approximate surface area is 190 Å². The summed E-state index contributed by atoms with van der Waals surface area (Å²) in [5, 5.41) is 17.8. The third-order valence-electron chi connectivity index (χ3n) is 4.47. The zero-order chi connectivity index (χ0) is 23.9. The number of hydrogen-bond donors (Lipinski definition) is 1. The van der Waals surface area contributed by atoms with E-state index in [9.17, 15) is 4.79 Å². The topological polar surface area (TPSA) is 93.7 Å². The van der Waals surface area contributed by atoms with Gasteiger partial charge in [-0.1, -0.05) is 32.9 Å². The van der Waals surface area contributed by atoms with Gasteiger partial charge in [-0.2, -0.15) is 5.26 Å². The second kappa shape index (κ2) is 14.4. The highest BCUT2D eigenvalue weighted by Gasteiger charge is 2.10. The number of carboxylic acid groups (broad SMARTS) is 1. The number of carboxylic acids is 1. The number of aromatic nitrogens is 1. The Morgan fingerprint density at radius 3 is 2.56 bits per heavy atom. The quantitative estimate of drug-likeness (QED) is 0.383. The molecule has 0 aliphatic heterocycles. The molecule has 172 valence electrons. The van der Waals surface area contributed by atoms with Crippen molar-refractivity contribution in [2.75, 3.05) is 20.8 Å². The number of aliphatic carboxylic acids is 1. The minimum absolute atomic E-state index is 0.165. The lowest BCUT2D eigenvalue weighted by Gasteiger charge is -2.13. The van der Waals surface area contributed by atoms with Crippen LogP contribution in [0.4, 0.5) is 0 Å². The van der Waals surface area contributed by atoms with Gasteiger partial charge in [-0.05, 0) is 47.9 Å². The maximum atomic E-state index is 11.1. The number of nitrogens with zero attached hydrogens (tertiary/aromatic N) is 2. The number of nitriles is 1. The molecule has 7 heteroatoms. The molecule has 0 atom stereocenters. The van der Waals surface area contributed by atoms with Gasteiger partial charge < -0.3 is 23.9 Å². The van der Waals surface area contributed by atoms with Crippen LogP contribution in [0.5, 0.6) is 11.5 Å². The van der Waals surface area contributed by atoms with E-state index < -0.39 is 5.97 Å². The lowest BCUT2D eigenvalue weighted by Crippen LogP contribution is -2.09. The fourth-order valence-electron chi connectivity index (χ4n) is 2.96. The lowest BCUT2D eigenvalue weighted by molar-refractivity contribution is -0.135. The van der Waals surface area contributed by atoms with Crippen LogP contribution in [0.2, 0.25) is 0 Å². The Morgan fingerprint density at radius 2 is 1.97 bits per heavy atom. The zero-order valence-corrected chi connectivity index (χ0v) is 19.4. The summed E-state index contributed by atoms with van der Waals surface area (Å²) in [4.78, 5) is 11.1. The molecule has 1 N–H and O–H groups in total. The molecule has 0 amide bonds. The summed E-state index contributed by atoms with van der Waals surface area (Å²) in [6.07, 6.45) is 8.53. The number of carbonyl (C=O) groups is 1. The SMILES string of the molecule is CC.CCc1ccn(CCOc2ccc(/C=C(\OC)C(=O)O)cc2OC)c1/C=C\CC#N. The van der Waals surface area contributed by atoms with Crippen LogP contribution >= 0.6 is 0 Å². The molecule has 7 nitrogen and oxygen atoms in total. The van der Waals surface area contributed by atoms with E-state index in [0.717, 1.165) is 12.1 Å². The summed E-state index contributed by atoms with van der Waals surface area (Å²) in [5.41, 5.74) is 2.91. The monoisotopic (exact) mass is 440 g/mol. The lowest BCUT2D eigenvalue weighted by atomic mass is 10.1. The molecule has 0 unspecified atom stereocenters. The Balaban J connectivity index is 0.00000249. The van der Waals surface area contributed by atoms with Crippen molar-refractivity contribution in [2.45, 2.75) is 40.2 Å². The molecule has 1 aromatic heterocycles. The molecule has 2 rings (SSSR count). The zero-order valence-electron chi connectivity index (χ0n) is 19.4. The van der Waals surface area contributed by atoms with Gasteiger partial charge in [0.15, 0.2) is 11.5 Å². The molecule has 0 saturated heterocycles. The standard InChI is InChI=1S/C23H26N2O5.C2H6/c1-4-18-10-12-25(19(18)7-5-6-11-24)13-14-30-20-9-8-17(15-21(20)28-2)16-22(29-3)23(26)27;1-2/h5,7-10,12,15-16H,4,6,13-14H2,1-3H3,(H,26,27);1-2H3/b7-5-,22-16-;. The van der Waals surface area contributed by atoms with Crippen molar-refractivity contribution in [2.24, 2.45) is 0 Å². The fourth-order valence-corrected chi connectivity index (χ4v) is 2.96. The van der Waals surface area contributed by atoms with Gasteiger partial charge in [0.2, 0.25) is 5.76 Å². The summed E-state index contributed by atoms with van der Waals surface area (Å²) in [5.74, 6) is -0.245. The van der Waals surface area contributed by atoms with Crippen LogP contribution in [-0.4, -0.2) is 36.5 Å². The van der Waals surface area contributed by atoms with Gasteiger partial charge in [0.1, 0.15) is 6.61 Å². The predicted octanol–water partition coefficient (Wildman–Crippen LogP) is 5.16. The molecule has 0 aliphatic carbocycles. The van der Waals surface area contributed by atoms with E-state index in [4.69, 9.17) is 24.6 Å². The molecule has 0 aliphatic rings. The minimum Gasteiger partial charge on any atom is -0.493 e. The van der Waals surface area contributed by atoms with E-state index in [1.807, 2.05) is 32.2 Å². The van der Waals surface area contributed by atoms with Crippen LogP contribution in [0, 0.1) is 11.3 Å². The van der Waals surface area contributed by atoms with Crippen LogP contribution < -0.4 is 9.47 Å². The molecular weight excluding hydrogens is 408 g/mol. The van der Waals surface area contributed by atoms with Gasteiger partial charge >= 0.3 is 5.97 Å². The van der Waals surface area contributed by atoms with E-state index in [1.165, 1.54) is 25.9 Å². The van der Waals surface area contributed by atoms with Crippen LogP contribution in [0.1, 0.15) is 44.0 Å². The molecule has 0 bridgehead atoms. The van der Waals surface area contributed by atoms with Crippen molar-refractivity contribution in [3.05, 3.63) is 59.1 Å². The smallest absolute Gasteiger partial charge is 0.371 e. The van der Waals surface area contributed by atoms with Crippen molar-refractivity contribution < 1.29 is 24.1 Å². The molecule has 2 aromatic rings. The molecule has 0 fully saturated rings. The maximum absolute atomic E-state index is 11.1. The van der Waals surface area contributed by atoms with Gasteiger partial charge in [-0.25, -0.2) is 4.79 Å². The number of methoxy groups -OCH3 is 2. The van der Waals surface area contributed by atoms with Crippen molar-refractivity contribution in [3.8, 4) is 17.6 Å². The number of hydrogen-bond acceptors (Lipinski definition) is 5. The highest BCUT2D eigenvalue weighted by molar-refractivity contribution is 5.89. The van der Waals surface area contributed by atoms with E-state index in [1.54, 1.807) is 18.2 Å². The van der Waals surface area contributed by atoms with E-state index in [2.05, 4.69) is 23.6 Å². The van der Waals surface area contributed by atoms with Crippen LogP contribution in [0.3, 0.4) is 0 Å². The average molecular weight is 441 g/mol. The maximum Gasteiger partial charge on any atom is 0.371 e. The highest BCUT2D eigenvalue weighted by atomic mass is 16.5. The first kappa shape index (κ1) is 26.4. The second-order valence-corrected chi connectivity index (χ2v) is 6.31. The summed E-state index contributed by atoms with van der Waals surface area (Å²) >= 11 is 0. The molecule has 0 saturated carbocycles.